The smallest absolute Gasteiger partial charge is 0.212 e. The summed E-state index contributed by atoms with van der Waals surface area (Å²) in [5.74, 6) is 1.62. The maximum absolute atomic E-state index is 6.15. The summed E-state index contributed by atoms with van der Waals surface area (Å²) in [5.41, 5.74) is 2.24. The van der Waals surface area contributed by atoms with E-state index in [2.05, 4.69) is 63.9 Å². The standard InChI is InChI=1S/C19H30B3N3O/c20-19(21,22)23-12-17-11-18(26-14-16-9-5-2-6-10-16)25(24-17)13-15-7-3-1-4-8-15/h2,5-6,9-11,15,23H,1,3-4,7-8,12-14,20-22H2. The number of rotatable bonds is 8. The Bertz CT molecular complexity index is 679. The lowest BCUT2D eigenvalue weighted by Gasteiger charge is -2.22. The van der Waals surface area contributed by atoms with Crippen molar-refractivity contribution in [3.05, 3.63) is 47.7 Å². The van der Waals surface area contributed by atoms with Crippen LogP contribution >= 0.6 is 0 Å². The molecule has 0 bridgehead atoms. The molecule has 1 N–H and O–H groups in total. The van der Waals surface area contributed by atoms with Crippen molar-refractivity contribution in [3.8, 4) is 5.88 Å². The molecule has 2 aromatic rings. The Morgan fingerprint density at radius 2 is 1.85 bits per heavy atom. The number of ether oxygens (including phenoxy) is 1. The van der Waals surface area contributed by atoms with Crippen molar-refractivity contribution in [1.82, 2.24) is 15.1 Å². The predicted octanol–water partition coefficient (Wildman–Crippen LogP) is 0.643. The number of hydrogen-bond acceptors (Lipinski definition) is 3. The molecule has 1 aromatic carbocycles. The molecule has 7 heteroatoms. The highest BCUT2D eigenvalue weighted by Gasteiger charge is 2.18. The molecule has 1 saturated carbocycles. The van der Waals surface area contributed by atoms with Gasteiger partial charge in [0.05, 0.1) is 5.69 Å². The lowest BCUT2D eigenvalue weighted by atomic mass is 9.49. The van der Waals surface area contributed by atoms with E-state index in [9.17, 15) is 0 Å². The Kier molecular flexibility index (Phi) is 6.52. The number of hydrogen-bond donors (Lipinski definition) is 1. The van der Waals surface area contributed by atoms with Crippen LogP contribution in [0.1, 0.15) is 43.4 Å². The normalized spacial score (nSPS) is 15.8. The third-order valence-corrected chi connectivity index (χ3v) is 4.98. The maximum Gasteiger partial charge on any atom is 0.212 e. The van der Waals surface area contributed by atoms with Crippen LogP contribution in [0.5, 0.6) is 5.88 Å². The molecule has 1 aliphatic carbocycles. The highest BCUT2D eigenvalue weighted by atomic mass is 16.5. The van der Waals surface area contributed by atoms with Crippen LogP contribution < -0.4 is 10.1 Å². The summed E-state index contributed by atoms with van der Waals surface area (Å²) in [5, 5.41) is 8.46. The molecule has 0 radical (unpaired) electrons. The van der Waals surface area contributed by atoms with Crippen molar-refractivity contribution in [1.29, 1.82) is 0 Å². The monoisotopic (exact) mass is 349 g/mol. The molecule has 0 unspecified atom stereocenters. The van der Waals surface area contributed by atoms with Gasteiger partial charge in [0.25, 0.3) is 0 Å². The molecule has 0 spiro atoms. The minimum Gasteiger partial charge on any atom is -0.473 e. The molecule has 136 valence electrons. The van der Waals surface area contributed by atoms with Crippen LogP contribution in [0.3, 0.4) is 0 Å². The van der Waals surface area contributed by atoms with Crippen LogP contribution in [0.25, 0.3) is 0 Å². The zero-order chi connectivity index (χ0) is 18.4. The molecule has 3 rings (SSSR count). The SMILES string of the molecule is BC(B)(B)NCc1cc(OCc2ccccc2)n(CC2CCCCC2)n1. The summed E-state index contributed by atoms with van der Waals surface area (Å²) >= 11 is 0. The van der Waals surface area contributed by atoms with Crippen molar-refractivity contribution in [2.45, 2.75) is 57.0 Å². The van der Waals surface area contributed by atoms with Gasteiger partial charge in [-0.25, -0.2) is 4.68 Å². The summed E-state index contributed by atoms with van der Waals surface area (Å²) in [6, 6.07) is 12.4. The van der Waals surface area contributed by atoms with E-state index in [1.54, 1.807) is 0 Å². The van der Waals surface area contributed by atoms with Gasteiger partial charge in [-0.3, -0.25) is 0 Å². The van der Waals surface area contributed by atoms with E-state index >= 15 is 0 Å². The van der Waals surface area contributed by atoms with Gasteiger partial charge in [0.15, 0.2) is 0 Å². The quantitative estimate of drug-likeness (QED) is 0.712. The molecule has 4 nitrogen and oxygen atoms in total. The Balaban J connectivity index is 1.69. The van der Waals surface area contributed by atoms with Crippen LogP contribution in [-0.2, 0) is 19.7 Å². The second-order valence-electron chi connectivity index (χ2n) is 8.54. The molecule has 0 amide bonds. The van der Waals surface area contributed by atoms with Gasteiger partial charge in [-0.1, -0.05) is 54.8 Å². The predicted molar refractivity (Wildman–Crippen MR) is 115 cm³/mol. The largest absolute Gasteiger partial charge is 0.473 e. The second-order valence-corrected chi connectivity index (χ2v) is 8.54. The average Bonchev–Trinajstić information content (AvgIpc) is 3.01. The van der Waals surface area contributed by atoms with Crippen LogP contribution in [0, 0.1) is 5.92 Å². The lowest BCUT2D eigenvalue weighted by Crippen LogP contribution is -2.46. The Hall–Kier alpha value is -1.62. The molecular formula is C19H30B3N3O. The van der Waals surface area contributed by atoms with Crippen molar-refractivity contribution < 1.29 is 4.74 Å². The molecular weight excluding hydrogens is 319 g/mol. The van der Waals surface area contributed by atoms with E-state index in [-0.39, 0.29) is 5.24 Å². The topological polar surface area (TPSA) is 39.1 Å². The Morgan fingerprint density at radius 1 is 1.12 bits per heavy atom. The molecule has 1 heterocycles. The van der Waals surface area contributed by atoms with Crippen molar-refractivity contribution >= 4 is 23.5 Å². The van der Waals surface area contributed by atoms with Gasteiger partial charge < -0.3 is 10.1 Å². The van der Waals surface area contributed by atoms with E-state index in [0.717, 1.165) is 30.6 Å². The fraction of sp³-hybridized carbons (Fsp3) is 0.526. The van der Waals surface area contributed by atoms with Gasteiger partial charge in [0.1, 0.15) is 30.1 Å². The van der Waals surface area contributed by atoms with Gasteiger partial charge in [-0.15, -0.1) is 0 Å². The first-order valence-corrected chi connectivity index (χ1v) is 9.98. The van der Waals surface area contributed by atoms with Crippen molar-refractivity contribution in [2.24, 2.45) is 5.92 Å². The molecule has 0 atom stereocenters. The van der Waals surface area contributed by atoms with Gasteiger partial charge >= 0.3 is 0 Å². The summed E-state index contributed by atoms with van der Waals surface area (Å²) in [6.07, 6.45) is 6.71. The van der Waals surface area contributed by atoms with Gasteiger partial charge in [-0.2, -0.15) is 5.10 Å². The van der Waals surface area contributed by atoms with E-state index in [4.69, 9.17) is 9.84 Å². The maximum atomic E-state index is 6.15. The zero-order valence-electron chi connectivity index (χ0n) is 16.5. The second kappa shape index (κ2) is 8.85. The molecule has 0 saturated heterocycles. The van der Waals surface area contributed by atoms with Crippen molar-refractivity contribution in [2.75, 3.05) is 0 Å². The first kappa shape index (κ1) is 19.2. The minimum absolute atomic E-state index is 0.0816. The highest BCUT2D eigenvalue weighted by Crippen LogP contribution is 2.27. The van der Waals surface area contributed by atoms with E-state index in [1.807, 2.05) is 6.07 Å². The molecule has 1 aliphatic rings. The minimum atomic E-state index is 0.0816. The van der Waals surface area contributed by atoms with Crippen LogP contribution in [-0.4, -0.2) is 38.6 Å². The molecule has 1 aromatic heterocycles. The van der Waals surface area contributed by atoms with Crippen molar-refractivity contribution in [3.63, 3.8) is 0 Å². The van der Waals surface area contributed by atoms with Gasteiger partial charge in [0.2, 0.25) is 5.88 Å². The van der Waals surface area contributed by atoms with Crippen LogP contribution in [0.15, 0.2) is 36.4 Å². The highest BCUT2D eigenvalue weighted by molar-refractivity contribution is 6.59. The van der Waals surface area contributed by atoms with E-state index in [1.165, 1.54) is 37.7 Å². The summed E-state index contributed by atoms with van der Waals surface area (Å²) in [6.45, 7) is 2.33. The van der Waals surface area contributed by atoms with E-state index in [0.29, 0.717) is 6.61 Å². The summed E-state index contributed by atoms with van der Waals surface area (Å²) in [7, 11) is 6.54. The Morgan fingerprint density at radius 3 is 2.54 bits per heavy atom. The Labute approximate surface area is 160 Å². The fourth-order valence-corrected chi connectivity index (χ4v) is 3.49. The fourth-order valence-electron chi connectivity index (χ4n) is 3.49. The first-order chi connectivity index (χ1) is 12.5. The number of aromatic nitrogens is 2. The number of benzene rings is 1. The molecule has 0 aliphatic heterocycles. The van der Waals surface area contributed by atoms with Gasteiger partial charge in [-0.05, 0) is 24.3 Å². The number of nitrogens with one attached hydrogen (secondary N) is 1. The lowest BCUT2D eigenvalue weighted by molar-refractivity contribution is 0.245. The number of nitrogens with zero attached hydrogens (tertiary/aromatic N) is 2. The summed E-state index contributed by atoms with van der Waals surface area (Å²) in [4.78, 5) is 0. The van der Waals surface area contributed by atoms with Crippen LogP contribution in [0.2, 0.25) is 0 Å². The third kappa shape index (κ3) is 5.98. The van der Waals surface area contributed by atoms with E-state index < -0.39 is 0 Å². The van der Waals surface area contributed by atoms with Crippen LogP contribution in [0.4, 0.5) is 0 Å². The summed E-state index contributed by atoms with van der Waals surface area (Å²) < 4.78 is 8.25. The average molecular weight is 349 g/mol. The first-order valence-electron chi connectivity index (χ1n) is 9.98. The van der Waals surface area contributed by atoms with Gasteiger partial charge in [0, 0.05) is 19.2 Å². The molecule has 26 heavy (non-hydrogen) atoms. The molecule has 1 fully saturated rings. The third-order valence-electron chi connectivity index (χ3n) is 4.98. The zero-order valence-corrected chi connectivity index (χ0v) is 16.5.